The smallest absolute Gasteiger partial charge is 0.313 e. The molecule has 7 nitrogen and oxygen atoms in total. The summed E-state index contributed by atoms with van der Waals surface area (Å²) in [6, 6.07) is 12.6. The van der Waals surface area contributed by atoms with Crippen molar-refractivity contribution in [1.29, 1.82) is 0 Å². The minimum absolute atomic E-state index is 0.0300. The third-order valence-electron chi connectivity index (χ3n) is 6.48. The van der Waals surface area contributed by atoms with E-state index in [1.165, 1.54) is 6.07 Å². The zero-order valence-electron chi connectivity index (χ0n) is 18.4. The van der Waals surface area contributed by atoms with Crippen LogP contribution in [0, 0.1) is 16.0 Å². The molecule has 2 atom stereocenters. The van der Waals surface area contributed by atoms with Gasteiger partial charge in [-0.2, -0.15) is 0 Å². The van der Waals surface area contributed by atoms with Crippen molar-refractivity contribution in [3.63, 3.8) is 0 Å². The van der Waals surface area contributed by atoms with Gasteiger partial charge in [0.1, 0.15) is 5.60 Å². The van der Waals surface area contributed by atoms with Crippen LogP contribution in [0.1, 0.15) is 38.8 Å². The molecule has 1 heterocycles. The first-order valence-corrected chi connectivity index (χ1v) is 10.00. The summed E-state index contributed by atoms with van der Waals surface area (Å²) in [6.07, 6.45) is 0.191. The number of hydrogen-bond donors (Lipinski definition) is 1. The van der Waals surface area contributed by atoms with Crippen molar-refractivity contribution in [2.45, 2.75) is 45.3 Å². The second-order valence-electron chi connectivity index (χ2n) is 8.81. The van der Waals surface area contributed by atoms with E-state index in [4.69, 9.17) is 4.74 Å². The van der Waals surface area contributed by atoms with Gasteiger partial charge in [0.15, 0.2) is 0 Å². The third kappa shape index (κ3) is 3.77. The molecule has 1 aliphatic heterocycles. The largest absolute Gasteiger partial charge is 0.480 e. The van der Waals surface area contributed by atoms with E-state index >= 15 is 0 Å². The molecular formula is C23H29N3O4. The Morgan fingerprint density at radius 1 is 1.20 bits per heavy atom. The summed E-state index contributed by atoms with van der Waals surface area (Å²) in [6.45, 7) is 8.03. The van der Waals surface area contributed by atoms with Crippen LogP contribution in [-0.4, -0.2) is 35.4 Å². The Hall–Kier alpha value is -2.93. The molecule has 30 heavy (non-hydrogen) atoms. The summed E-state index contributed by atoms with van der Waals surface area (Å²) in [5, 5.41) is 14.7. The highest BCUT2D eigenvalue weighted by molar-refractivity contribution is 5.93. The number of nitrogens with zero attached hydrogens (tertiary/aromatic N) is 2. The maximum atomic E-state index is 12.6. The second-order valence-corrected chi connectivity index (χ2v) is 8.81. The monoisotopic (exact) mass is 411 g/mol. The molecule has 2 unspecified atom stereocenters. The molecule has 0 aromatic heterocycles. The van der Waals surface area contributed by atoms with Crippen molar-refractivity contribution >= 4 is 17.3 Å². The number of fused-ring (bicyclic) bond motifs is 1. The molecule has 0 fully saturated rings. The Kier molecular flexibility index (Phi) is 5.60. The number of hydrogen-bond acceptors (Lipinski definition) is 5. The summed E-state index contributed by atoms with van der Waals surface area (Å²) in [7, 11) is 3.91. The molecule has 0 radical (unpaired) electrons. The van der Waals surface area contributed by atoms with E-state index in [9.17, 15) is 14.9 Å². The minimum atomic E-state index is -0.602. The van der Waals surface area contributed by atoms with Crippen LogP contribution in [0.4, 0.5) is 11.4 Å². The van der Waals surface area contributed by atoms with Gasteiger partial charge in [-0.05, 0) is 46.5 Å². The predicted octanol–water partition coefficient (Wildman–Crippen LogP) is 4.36. The van der Waals surface area contributed by atoms with Gasteiger partial charge in [-0.1, -0.05) is 37.3 Å². The highest BCUT2D eigenvalue weighted by atomic mass is 16.6. The highest BCUT2D eigenvalue weighted by Crippen LogP contribution is 2.53. The number of carbonyl (C=O) groups excluding carboxylic acids is 1. The number of ether oxygens (including phenoxy) is 1. The van der Waals surface area contributed by atoms with Crippen LogP contribution < -0.4 is 10.1 Å². The number of rotatable bonds is 5. The summed E-state index contributed by atoms with van der Waals surface area (Å²) in [4.78, 5) is 26.1. The normalized spacial score (nSPS) is 22.2. The van der Waals surface area contributed by atoms with Gasteiger partial charge in [0, 0.05) is 23.2 Å². The molecule has 1 N–H and O–H groups in total. The molecule has 7 heteroatoms. The molecular weight excluding hydrogens is 382 g/mol. The van der Waals surface area contributed by atoms with Crippen molar-refractivity contribution in [1.82, 2.24) is 4.90 Å². The van der Waals surface area contributed by atoms with Crippen LogP contribution in [0.5, 0.6) is 5.75 Å². The zero-order chi connectivity index (χ0) is 22.3. The van der Waals surface area contributed by atoms with Crippen LogP contribution in [0.25, 0.3) is 0 Å². The molecule has 2 aromatic rings. The van der Waals surface area contributed by atoms with Crippen LogP contribution >= 0.6 is 0 Å². The first kappa shape index (κ1) is 21.8. The van der Waals surface area contributed by atoms with Crippen molar-refractivity contribution < 1.29 is 14.5 Å². The number of carbonyl (C=O) groups is 1. The highest BCUT2D eigenvalue weighted by Gasteiger charge is 2.52. The SMILES string of the molecule is CC1C(C)(C)Oc2c([N+](=O)[O-])cc(NC(=O)Cc3ccccc3)cc2C1(C)N(C)C. The minimum Gasteiger partial charge on any atom is -0.480 e. The Morgan fingerprint density at radius 3 is 2.40 bits per heavy atom. The third-order valence-corrected chi connectivity index (χ3v) is 6.48. The van der Waals surface area contributed by atoms with Gasteiger partial charge >= 0.3 is 5.69 Å². The van der Waals surface area contributed by atoms with E-state index in [0.717, 1.165) is 5.56 Å². The summed E-state index contributed by atoms with van der Waals surface area (Å²) >= 11 is 0. The van der Waals surface area contributed by atoms with Gasteiger partial charge in [0.25, 0.3) is 0 Å². The van der Waals surface area contributed by atoms with Gasteiger partial charge in [-0.3, -0.25) is 19.8 Å². The number of amides is 1. The fourth-order valence-corrected chi connectivity index (χ4v) is 4.18. The topological polar surface area (TPSA) is 84.7 Å². The molecule has 1 amide bonds. The molecule has 1 aliphatic rings. The Morgan fingerprint density at radius 2 is 1.83 bits per heavy atom. The van der Waals surface area contributed by atoms with Crippen molar-refractivity contribution in [2.75, 3.05) is 19.4 Å². The number of benzene rings is 2. The van der Waals surface area contributed by atoms with E-state index in [-0.39, 0.29) is 29.7 Å². The van der Waals surface area contributed by atoms with E-state index in [0.29, 0.717) is 11.3 Å². The molecule has 3 rings (SSSR count). The quantitative estimate of drug-likeness (QED) is 0.584. The summed E-state index contributed by atoms with van der Waals surface area (Å²) < 4.78 is 6.14. The number of anilines is 1. The Balaban J connectivity index is 2.06. The number of nitro benzene ring substituents is 1. The molecule has 0 saturated heterocycles. The molecule has 0 aliphatic carbocycles. The van der Waals surface area contributed by atoms with Crippen molar-refractivity contribution in [2.24, 2.45) is 5.92 Å². The summed E-state index contributed by atoms with van der Waals surface area (Å²) in [5.41, 5.74) is 0.694. The maximum absolute atomic E-state index is 12.6. The lowest BCUT2D eigenvalue weighted by Crippen LogP contribution is -2.57. The van der Waals surface area contributed by atoms with Gasteiger partial charge in [0.05, 0.1) is 16.9 Å². The second kappa shape index (κ2) is 7.72. The van der Waals surface area contributed by atoms with Gasteiger partial charge in [0.2, 0.25) is 11.7 Å². The molecule has 0 saturated carbocycles. The molecule has 160 valence electrons. The first-order valence-electron chi connectivity index (χ1n) is 10.00. The predicted molar refractivity (Wildman–Crippen MR) is 117 cm³/mol. The zero-order valence-corrected chi connectivity index (χ0v) is 18.4. The van der Waals surface area contributed by atoms with Crippen molar-refractivity contribution in [3.8, 4) is 5.75 Å². The van der Waals surface area contributed by atoms with E-state index < -0.39 is 16.1 Å². The average molecular weight is 412 g/mol. The summed E-state index contributed by atoms with van der Waals surface area (Å²) in [5.74, 6) is 0.0647. The van der Waals surface area contributed by atoms with Crippen LogP contribution in [0.3, 0.4) is 0 Å². The fourth-order valence-electron chi connectivity index (χ4n) is 4.18. The van der Waals surface area contributed by atoms with Gasteiger partial charge < -0.3 is 10.1 Å². The maximum Gasteiger partial charge on any atom is 0.313 e. The first-order chi connectivity index (χ1) is 14.0. The lowest BCUT2D eigenvalue weighted by molar-refractivity contribution is -0.386. The van der Waals surface area contributed by atoms with Gasteiger partial charge in [-0.25, -0.2) is 0 Å². The van der Waals surface area contributed by atoms with Crippen LogP contribution in [0.15, 0.2) is 42.5 Å². The van der Waals surface area contributed by atoms with E-state index in [1.807, 2.05) is 58.3 Å². The molecule has 0 spiro atoms. The molecule has 0 bridgehead atoms. The lowest BCUT2D eigenvalue weighted by Gasteiger charge is -2.52. The van der Waals surface area contributed by atoms with Gasteiger partial charge in [-0.15, -0.1) is 0 Å². The fraction of sp³-hybridized carbons (Fsp3) is 0.435. The van der Waals surface area contributed by atoms with E-state index in [1.54, 1.807) is 6.07 Å². The van der Waals surface area contributed by atoms with Crippen LogP contribution in [0.2, 0.25) is 0 Å². The number of nitrogens with one attached hydrogen (secondary N) is 1. The Labute approximate surface area is 177 Å². The molecule has 2 aromatic carbocycles. The van der Waals surface area contributed by atoms with Crippen molar-refractivity contribution in [3.05, 3.63) is 63.7 Å². The number of nitro groups is 1. The average Bonchev–Trinajstić information content (AvgIpc) is 2.66. The Bertz CT molecular complexity index is 972. The lowest BCUT2D eigenvalue weighted by atomic mass is 9.69. The van der Waals surface area contributed by atoms with E-state index in [2.05, 4.69) is 24.1 Å². The standard InChI is InChI=1S/C23H29N3O4/c1-15-22(2,3)30-21-18(23(15,4)25(5)6)13-17(14-19(21)26(28)29)24-20(27)12-16-10-8-7-9-11-16/h7-11,13-15H,12H2,1-6H3,(H,24,27). The van der Waals surface area contributed by atoms with Crippen LogP contribution in [-0.2, 0) is 16.8 Å².